The van der Waals surface area contributed by atoms with Crippen LogP contribution in [0, 0.1) is 0 Å². The SMILES string of the molecule is CCOC(=O)C(NC(C)=O)C1(O)CCNCC1. The molecule has 1 aliphatic heterocycles. The Labute approximate surface area is 101 Å². The molecule has 0 aromatic heterocycles. The van der Waals surface area contributed by atoms with Crippen molar-refractivity contribution in [2.45, 2.75) is 38.3 Å². The van der Waals surface area contributed by atoms with Crippen molar-refractivity contribution in [3.63, 3.8) is 0 Å². The molecule has 0 aromatic rings. The topological polar surface area (TPSA) is 87.7 Å². The smallest absolute Gasteiger partial charge is 0.331 e. The summed E-state index contributed by atoms with van der Waals surface area (Å²) in [5.41, 5.74) is -1.22. The van der Waals surface area contributed by atoms with Gasteiger partial charge in [-0.1, -0.05) is 0 Å². The molecule has 1 rings (SSSR count). The molecule has 1 unspecified atom stereocenters. The van der Waals surface area contributed by atoms with Crippen molar-refractivity contribution >= 4 is 11.9 Å². The number of aliphatic hydroxyl groups is 1. The standard InChI is InChI=1S/C11H20N2O4/c1-3-17-10(15)9(13-8(2)14)11(16)4-6-12-7-5-11/h9,12,16H,3-7H2,1-2H3,(H,13,14). The first-order chi connectivity index (χ1) is 7.99. The number of ether oxygens (including phenoxy) is 1. The van der Waals surface area contributed by atoms with E-state index in [-0.39, 0.29) is 12.5 Å². The van der Waals surface area contributed by atoms with Crippen LogP contribution in [-0.4, -0.2) is 48.3 Å². The Morgan fingerprint density at radius 2 is 2.06 bits per heavy atom. The number of rotatable bonds is 4. The van der Waals surface area contributed by atoms with Gasteiger partial charge >= 0.3 is 5.97 Å². The predicted molar refractivity (Wildman–Crippen MR) is 61.3 cm³/mol. The first kappa shape index (κ1) is 13.9. The Balaban J connectivity index is 2.79. The monoisotopic (exact) mass is 244 g/mol. The lowest BCUT2D eigenvalue weighted by molar-refractivity contribution is -0.157. The Bertz CT molecular complexity index is 287. The molecule has 17 heavy (non-hydrogen) atoms. The third kappa shape index (κ3) is 3.67. The van der Waals surface area contributed by atoms with Gasteiger partial charge < -0.3 is 20.5 Å². The highest BCUT2D eigenvalue weighted by atomic mass is 16.5. The quantitative estimate of drug-likeness (QED) is 0.562. The van der Waals surface area contributed by atoms with Crippen molar-refractivity contribution in [3.05, 3.63) is 0 Å². The van der Waals surface area contributed by atoms with E-state index < -0.39 is 17.6 Å². The third-order valence-electron chi connectivity index (χ3n) is 2.88. The number of hydrogen-bond acceptors (Lipinski definition) is 5. The molecule has 6 nitrogen and oxygen atoms in total. The average molecular weight is 244 g/mol. The lowest BCUT2D eigenvalue weighted by Crippen LogP contribution is -2.60. The van der Waals surface area contributed by atoms with Crippen LogP contribution in [0.3, 0.4) is 0 Å². The molecule has 1 aliphatic rings. The van der Waals surface area contributed by atoms with Gasteiger partial charge in [0.15, 0.2) is 6.04 Å². The van der Waals surface area contributed by atoms with E-state index in [2.05, 4.69) is 10.6 Å². The molecule has 0 aromatic carbocycles. The summed E-state index contributed by atoms with van der Waals surface area (Å²) in [6.07, 6.45) is 0.827. The summed E-state index contributed by atoms with van der Waals surface area (Å²) in [4.78, 5) is 22.9. The fourth-order valence-electron chi connectivity index (χ4n) is 1.99. The number of amides is 1. The molecule has 0 spiro atoms. The summed E-state index contributed by atoms with van der Waals surface area (Å²) in [5.74, 6) is -0.929. The Morgan fingerprint density at radius 1 is 1.47 bits per heavy atom. The molecule has 3 N–H and O–H groups in total. The number of nitrogens with one attached hydrogen (secondary N) is 2. The van der Waals surface area contributed by atoms with E-state index in [9.17, 15) is 14.7 Å². The zero-order valence-electron chi connectivity index (χ0n) is 10.3. The van der Waals surface area contributed by atoms with Gasteiger partial charge in [0.05, 0.1) is 12.2 Å². The van der Waals surface area contributed by atoms with E-state index in [0.29, 0.717) is 25.9 Å². The molecule has 1 atom stereocenters. The van der Waals surface area contributed by atoms with Gasteiger partial charge in [0, 0.05) is 6.92 Å². The first-order valence-corrected chi connectivity index (χ1v) is 5.86. The third-order valence-corrected chi connectivity index (χ3v) is 2.88. The maximum Gasteiger partial charge on any atom is 0.331 e. The van der Waals surface area contributed by atoms with Crippen LogP contribution in [0.2, 0.25) is 0 Å². The minimum atomic E-state index is -1.22. The van der Waals surface area contributed by atoms with Crippen LogP contribution >= 0.6 is 0 Å². The van der Waals surface area contributed by atoms with Crippen molar-refractivity contribution in [1.29, 1.82) is 0 Å². The van der Waals surface area contributed by atoms with Crippen LogP contribution < -0.4 is 10.6 Å². The molecule has 0 aliphatic carbocycles. The van der Waals surface area contributed by atoms with E-state index in [1.54, 1.807) is 6.92 Å². The van der Waals surface area contributed by atoms with Crippen LogP contribution in [0.4, 0.5) is 0 Å². The summed E-state index contributed by atoms with van der Waals surface area (Å²) in [7, 11) is 0. The second-order valence-corrected chi connectivity index (χ2v) is 4.24. The number of piperidine rings is 1. The highest BCUT2D eigenvalue weighted by Gasteiger charge is 2.43. The minimum absolute atomic E-state index is 0.225. The Kier molecular flexibility index (Phi) is 4.89. The number of carbonyl (C=O) groups excluding carboxylic acids is 2. The highest BCUT2D eigenvalue weighted by molar-refractivity contribution is 5.84. The van der Waals surface area contributed by atoms with Gasteiger partial charge in [-0.15, -0.1) is 0 Å². The van der Waals surface area contributed by atoms with Crippen LogP contribution in [0.1, 0.15) is 26.7 Å². The van der Waals surface area contributed by atoms with E-state index >= 15 is 0 Å². The molecule has 0 saturated carbocycles. The fourth-order valence-corrected chi connectivity index (χ4v) is 1.99. The zero-order valence-corrected chi connectivity index (χ0v) is 10.3. The van der Waals surface area contributed by atoms with Gasteiger partial charge in [-0.25, -0.2) is 4.79 Å². The minimum Gasteiger partial charge on any atom is -0.464 e. The van der Waals surface area contributed by atoms with Crippen LogP contribution in [0.5, 0.6) is 0 Å². The first-order valence-electron chi connectivity index (χ1n) is 5.86. The van der Waals surface area contributed by atoms with Gasteiger partial charge in [0.25, 0.3) is 0 Å². The lowest BCUT2D eigenvalue weighted by Gasteiger charge is -2.38. The van der Waals surface area contributed by atoms with Crippen molar-refractivity contribution in [2.24, 2.45) is 0 Å². The van der Waals surface area contributed by atoms with Gasteiger partial charge in [0.1, 0.15) is 0 Å². The number of carbonyl (C=O) groups is 2. The Hall–Kier alpha value is -1.14. The van der Waals surface area contributed by atoms with Crippen molar-refractivity contribution in [2.75, 3.05) is 19.7 Å². The van der Waals surface area contributed by atoms with Crippen LogP contribution in [0.25, 0.3) is 0 Å². The van der Waals surface area contributed by atoms with Crippen molar-refractivity contribution in [1.82, 2.24) is 10.6 Å². The number of hydrogen-bond donors (Lipinski definition) is 3. The second-order valence-electron chi connectivity index (χ2n) is 4.24. The van der Waals surface area contributed by atoms with Gasteiger partial charge in [-0.3, -0.25) is 4.79 Å². The summed E-state index contributed by atoms with van der Waals surface area (Å²) in [5, 5.41) is 16.0. The molecular weight excluding hydrogens is 224 g/mol. The summed E-state index contributed by atoms with van der Waals surface area (Å²) >= 11 is 0. The molecule has 1 heterocycles. The highest BCUT2D eigenvalue weighted by Crippen LogP contribution is 2.23. The second kappa shape index (κ2) is 5.97. The predicted octanol–water partition coefficient (Wildman–Crippen LogP) is -0.831. The molecule has 1 amide bonds. The lowest BCUT2D eigenvalue weighted by atomic mass is 9.84. The van der Waals surface area contributed by atoms with Gasteiger partial charge in [-0.2, -0.15) is 0 Å². The number of esters is 1. The summed E-state index contributed by atoms with van der Waals surface area (Å²) in [6.45, 7) is 4.47. The van der Waals surface area contributed by atoms with Crippen LogP contribution in [-0.2, 0) is 14.3 Å². The van der Waals surface area contributed by atoms with E-state index in [4.69, 9.17) is 4.74 Å². The average Bonchev–Trinajstić information content (AvgIpc) is 2.27. The maximum absolute atomic E-state index is 11.8. The van der Waals surface area contributed by atoms with Gasteiger partial charge in [-0.05, 0) is 32.9 Å². The molecule has 0 bridgehead atoms. The van der Waals surface area contributed by atoms with Crippen molar-refractivity contribution in [3.8, 4) is 0 Å². The summed E-state index contributed by atoms with van der Waals surface area (Å²) in [6, 6.07) is -0.984. The molecule has 1 saturated heterocycles. The summed E-state index contributed by atoms with van der Waals surface area (Å²) < 4.78 is 4.89. The van der Waals surface area contributed by atoms with E-state index in [0.717, 1.165) is 0 Å². The fraction of sp³-hybridized carbons (Fsp3) is 0.818. The largest absolute Gasteiger partial charge is 0.464 e. The normalized spacial score (nSPS) is 20.4. The molecule has 98 valence electrons. The van der Waals surface area contributed by atoms with E-state index in [1.807, 2.05) is 0 Å². The zero-order chi connectivity index (χ0) is 12.9. The maximum atomic E-state index is 11.8. The van der Waals surface area contributed by atoms with Gasteiger partial charge in [0.2, 0.25) is 5.91 Å². The Morgan fingerprint density at radius 3 is 2.53 bits per heavy atom. The molecule has 6 heteroatoms. The molecular formula is C11H20N2O4. The van der Waals surface area contributed by atoms with Crippen molar-refractivity contribution < 1.29 is 19.4 Å². The molecule has 1 fully saturated rings. The van der Waals surface area contributed by atoms with E-state index in [1.165, 1.54) is 6.92 Å². The van der Waals surface area contributed by atoms with Crippen LogP contribution in [0.15, 0.2) is 0 Å². The molecule has 0 radical (unpaired) electrons.